The van der Waals surface area contributed by atoms with Crippen LogP contribution in [0.5, 0.6) is 5.88 Å². The first-order valence-corrected chi connectivity index (χ1v) is 15.0. The molecule has 0 spiro atoms. The van der Waals surface area contributed by atoms with Gasteiger partial charge in [0.2, 0.25) is 5.88 Å². The zero-order chi connectivity index (χ0) is 30.5. The van der Waals surface area contributed by atoms with Crippen molar-refractivity contribution in [3.05, 3.63) is 87.5 Å². The van der Waals surface area contributed by atoms with Gasteiger partial charge in [-0.05, 0) is 67.8 Å². The maximum Gasteiger partial charge on any atom is 0.213 e. The second-order valence-corrected chi connectivity index (χ2v) is 10.9. The second-order valence-electron chi connectivity index (χ2n) is 10.9. The van der Waals surface area contributed by atoms with E-state index in [1.165, 1.54) is 6.07 Å². The number of fused-ring (bicyclic) bond motifs is 3. The van der Waals surface area contributed by atoms with Gasteiger partial charge in [-0.1, -0.05) is 12.2 Å². The van der Waals surface area contributed by atoms with Gasteiger partial charge in [-0.15, -0.1) is 0 Å². The molecule has 1 aromatic carbocycles. The third-order valence-corrected chi connectivity index (χ3v) is 8.37. The number of nitrogen functional groups attached to an aromatic ring is 1. The standard InChI is InChI=1S/C31H34F2N6O2.CH2S/c1-41-30-13-20(9-10-35-30)17-38(22-5-4-11-37(18-22)21-7-8-29(34)36-16-21)19-24-27-6-2-3-12-39(27)28-15-26(33)25(32)14-23(28)31(24)40;1-2/h7-10,13-16,22H,2-6,11-12,17-19H2,1H3,(H2,34,36);1H2. The summed E-state index contributed by atoms with van der Waals surface area (Å²) in [6, 6.07) is 10.0. The molecule has 5 heterocycles. The average Bonchev–Trinajstić information content (AvgIpc) is 3.05. The van der Waals surface area contributed by atoms with E-state index in [0.29, 0.717) is 42.4 Å². The van der Waals surface area contributed by atoms with Crippen LogP contribution in [0.3, 0.4) is 0 Å². The van der Waals surface area contributed by atoms with Gasteiger partial charge >= 0.3 is 0 Å². The Morgan fingerprint density at radius 2 is 1.88 bits per heavy atom. The number of nitrogens with zero attached hydrogens (tertiary/aromatic N) is 5. The molecule has 11 heteroatoms. The van der Waals surface area contributed by atoms with Crippen molar-refractivity contribution in [3.63, 3.8) is 0 Å². The molecule has 226 valence electrons. The Balaban J connectivity index is 0.00000180. The quantitative estimate of drug-likeness (QED) is 0.284. The summed E-state index contributed by atoms with van der Waals surface area (Å²) in [5.74, 6) is 1.91. The SMILES string of the molecule is C=S.COc1cc(CN(Cc2c3n(c4cc(F)c(F)cc4c2=O)CCCC3)C2CCCN(c3ccc(N)nc3)C2)ccn1. The number of aryl methyl sites for hydroxylation is 1. The molecule has 1 fully saturated rings. The number of halogens is 2. The smallest absolute Gasteiger partial charge is 0.213 e. The van der Waals surface area contributed by atoms with E-state index >= 15 is 0 Å². The monoisotopic (exact) mass is 606 g/mol. The zero-order valence-electron chi connectivity index (χ0n) is 24.3. The third kappa shape index (κ3) is 6.52. The van der Waals surface area contributed by atoms with E-state index in [2.05, 4.69) is 37.9 Å². The number of anilines is 2. The number of methoxy groups -OCH3 is 1. The maximum atomic E-state index is 14.4. The van der Waals surface area contributed by atoms with Gasteiger partial charge in [-0.3, -0.25) is 9.69 Å². The van der Waals surface area contributed by atoms with Crippen LogP contribution in [0.25, 0.3) is 10.9 Å². The summed E-state index contributed by atoms with van der Waals surface area (Å²) in [6.07, 6.45) is 8.06. The van der Waals surface area contributed by atoms with Gasteiger partial charge in [0, 0.05) is 73.7 Å². The molecule has 0 radical (unpaired) electrons. The fourth-order valence-electron chi connectivity index (χ4n) is 6.29. The number of hydrogen-bond acceptors (Lipinski definition) is 8. The first-order chi connectivity index (χ1) is 20.9. The number of aromatic nitrogens is 3. The van der Waals surface area contributed by atoms with Crippen molar-refractivity contribution >= 4 is 40.5 Å². The minimum Gasteiger partial charge on any atom is -0.481 e. The van der Waals surface area contributed by atoms with E-state index in [0.717, 1.165) is 68.2 Å². The Labute approximate surface area is 255 Å². The van der Waals surface area contributed by atoms with Crippen LogP contribution in [0.4, 0.5) is 20.3 Å². The molecule has 3 aromatic heterocycles. The molecular formula is C32H36F2N6O2S. The van der Waals surface area contributed by atoms with Crippen LogP contribution in [0.15, 0.2) is 53.6 Å². The molecule has 0 saturated carbocycles. The average molecular weight is 607 g/mol. The molecule has 2 aliphatic heterocycles. The second kappa shape index (κ2) is 13.6. The minimum atomic E-state index is -1.00. The normalized spacial score (nSPS) is 16.5. The lowest BCUT2D eigenvalue weighted by atomic mass is 9.97. The highest BCUT2D eigenvalue weighted by atomic mass is 32.1. The van der Waals surface area contributed by atoms with Gasteiger partial charge in [-0.2, -0.15) is 0 Å². The minimum absolute atomic E-state index is 0.129. The van der Waals surface area contributed by atoms with Crippen LogP contribution in [-0.2, 0) is 26.1 Å². The molecule has 1 unspecified atom stereocenters. The topological polar surface area (TPSA) is 89.5 Å². The molecule has 1 atom stereocenters. The summed E-state index contributed by atoms with van der Waals surface area (Å²) in [5.41, 5.74) is 9.69. The molecule has 8 nitrogen and oxygen atoms in total. The van der Waals surface area contributed by atoms with E-state index in [9.17, 15) is 13.6 Å². The maximum absolute atomic E-state index is 14.4. The molecule has 2 N–H and O–H groups in total. The Morgan fingerprint density at radius 1 is 1.07 bits per heavy atom. The van der Waals surface area contributed by atoms with E-state index < -0.39 is 11.6 Å². The van der Waals surface area contributed by atoms with Gasteiger partial charge in [0.1, 0.15) is 5.82 Å². The summed E-state index contributed by atoms with van der Waals surface area (Å²) in [6.45, 7) is 3.30. The van der Waals surface area contributed by atoms with E-state index in [4.69, 9.17) is 10.5 Å². The van der Waals surface area contributed by atoms with Crippen molar-refractivity contribution in [3.8, 4) is 5.88 Å². The zero-order valence-corrected chi connectivity index (χ0v) is 25.1. The van der Waals surface area contributed by atoms with Gasteiger partial charge in [0.25, 0.3) is 0 Å². The molecular weight excluding hydrogens is 570 g/mol. The number of piperidine rings is 1. The highest BCUT2D eigenvalue weighted by Gasteiger charge is 2.29. The van der Waals surface area contributed by atoms with Gasteiger partial charge < -0.3 is 19.9 Å². The predicted molar refractivity (Wildman–Crippen MR) is 170 cm³/mol. The van der Waals surface area contributed by atoms with Crippen molar-refractivity contribution in [2.45, 2.75) is 57.8 Å². The molecule has 0 aliphatic carbocycles. The number of thiocarbonyl (C=S) groups is 1. The molecule has 43 heavy (non-hydrogen) atoms. The summed E-state index contributed by atoms with van der Waals surface area (Å²) in [4.78, 5) is 27.1. The first kappa shape index (κ1) is 30.5. The van der Waals surface area contributed by atoms with E-state index in [-0.39, 0.29) is 16.9 Å². The van der Waals surface area contributed by atoms with Crippen molar-refractivity contribution in [1.82, 2.24) is 19.4 Å². The first-order valence-electron chi connectivity index (χ1n) is 14.4. The highest BCUT2D eigenvalue weighted by Crippen LogP contribution is 2.29. The Hall–Kier alpha value is -3.96. The molecule has 0 amide bonds. The van der Waals surface area contributed by atoms with Crippen molar-refractivity contribution in [2.75, 3.05) is 30.8 Å². The molecule has 2 aliphatic rings. The summed E-state index contributed by atoms with van der Waals surface area (Å²) < 4.78 is 36.0. The van der Waals surface area contributed by atoms with Crippen LogP contribution in [0.2, 0.25) is 0 Å². The van der Waals surface area contributed by atoms with Crippen molar-refractivity contribution in [2.24, 2.45) is 0 Å². The van der Waals surface area contributed by atoms with Crippen LogP contribution in [0, 0.1) is 11.6 Å². The summed E-state index contributed by atoms with van der Waals surface area (Å²) >= 11 is 3.83. The predicted octanol–water partition coefficient (Wildman–Crippen LogP) is 5.28. The van der Waals surface area contributed by atoms with E-state index in [1.807, 2.05) is 28.8 Å². The van der Waals surface area contributed by atoms with E-state index in [1.54, 1.807) is 19.5 Å². The van der Waals surface area contributed by atoms with Crippen molar-refractivity contribution in [1.29, 1.82) is 0 Å². The number of hydrogen-bond donors (Lipinski definition) is 1. The number of ether oxygens (including phenoxy) is 1. The third-order valence-electron chi connectivity index (χ3n) is 8.37. The highest BCUT2D eigenvalue weighted by molar-refractivity contribution is 7.77. The fourth-order valence-corrected chi connectivity index (χ4v) is 6.29. The van der Waals surface area contributed by atoms with Gasteiger partial charge in [0.05, 0.1) is 24.5 Å². The molecule has 4 aromatic rings. The van der Waals surface area contributed by atoms with Crippen LogP contribution < -0.4 is 20.8 Å². The lowest BCUT2D eigenvalue weighted by Gasteiger charge is -2.41. The summed E-state index contributed by atoms with van der Waals surface area (Å²) in [5, 5.41) is 0.230. The lowest BCUT2D eigenvalue weighted by Crippen LogP contribution is -2.48. The van der Waals surface area contributed by atoms with Gasteiger partial charge in [-0.25, -0.2) is 18.7 Å². The molecule has 1 saturated heterocycles. The number of nitrogens with two attached hydrogens (primary N) is 1. The Morgan fingerprint density at radius 3 is 2.65 bits per heavy atom. The fraction of sp³-hybridized carbons (Fsp3) is 0.375. The summed E-state index contributed by atoms with van der Waals surface area (Å²) in [7, 11) is 1.59. The van der Waals surface area contributed by atoms with Crippen molar-refractivity contribution < 1.29 is 13.5 Å². The number of rotatable bonds is 7. The Kier molecular flexibility index (Phi) is 9.62. The van der Waals surface area contributed by atoms with Crippen LogP contribution in [0.1, 0.15) is 42.5 Å². The molecule has 0 bridgehead atoms. The number of benzene rings is 1. The van der Waals surface area contributed by atoms with Gasteiger partial charge in [0.15, 0.2) is 17.1 Å². The molecule has 6 rings (SSSR count). The lowest BCUT2D eigenvalue weighted by molar-refractivity contribution is 0.157. The number of pyridine rings is 3. The van der Waals surface area contributed by atoms with Crippen LogP contribution in [-0.4, -0.2) is 51.5 Å². The largest absolute Gasteiger partial charge is 0.481 e. The van der Waals surface area contributed by atoms with Crippen LogP contribution >= 0.6 is 12.2 Å². The Bertz CT molecular complexity index is 1650.